The lowest BCUT2D eigenvalue weighted by atomic mass is 10.2. The molecule has 0 radical (unpaired) electrons. The first kappa shape index (κ1) is 15.9. The average Bonchev–Trinajstić information content (AvgIpc) is 3.02. The van der Waals surface area contributed by atoms with Crippen molar-refractivity contribution in [1.29, 1.82) is 0 Å². The van der Waals surface area contributed by atoms with Crippen molar-refractivity contribution in [3.05, 3.63) is 46.2 Å². The van der Waals surface area contributed by atoms with Crippen LogP contribution in [0.3, 0.4) is 0 Å². The summed E-state index contributed by atoms with van der Waals surface area (Å²) in [6.45, 7) is 1.87. The Balaban J connectivity index is 1.77. The first-order valence-electron chi connectivity index (χ1n) is 7.80. The highest BCUT2D eigenvalue weighted by molar-refractivity contribution is 9.10. The molecule has 1 aliphatic carbocycles. The quantitative estimate of drug-likeness (QED) is 0.843. The van der Waals surface area contributed by atoms with Crippen LogP contribution < -0.4 is 10.6 Å². The van der Waals surface area contributed by atoms with Gasteiger partial charge < -0.3 is 10.6 Å². The largest absolute Gasteiger partial charge is 0.351 e. The van der Waals surface area contributed by atoms with Crippen LogP contribution in [0.2, 0.25) is 0 Å². The van der Waals surface area contributed by atoms with Crippen molar-refractivity contribution in [3.8, 4) is 0 Å². The van der Waals surface area contributed by atoms with Crippen molar-refractivity contribution >= 4 is 33.5 Å². The zero-order valence-corrected chi connectivity index (χ0v) is 14.6. The molecule has 23 heavy (non-hydrogen) atoms. The maximum Gasteiger partial charge on any atom is 0.274 e. The van der Waals surface area contributed by atoms with Crippen molar-refractivity contribution < 1.29 is 4.79 Å². The summed E-state index contributed by atoms with van der Waals surface area (Å²) in [6, 6.07) is 9.61. The van der Waals surface area contributed by atoms with E-state index in [4.69, 9.17) is 0 Å². The van der Waals surface area contributed by atoms with E-state index in [1.54, 1.807) is 6.07 Å². The second-order valence-corrected chi connectivity index (χ2v) is 6.63. The predicted molar refractivity (Wildman–Crippen MR) is 94.7 cm³/mol. The number of para-hydroxylation sites is 1. The van der Waals surface area contributed by atoms with Gasteiger partial charge in [0.15, 0.2) is 0 Å². The number of nitrogens with zero attached hydrogens (tertiary/aromatic N) is 2. The summed E-state index contributed by atoms with van der Waals surface area (Å²) in [7, 11) is 0. The molecule has 1 aliphatic rings. The van der Waals surface area contributed by atoms with Crippen LogP contribution in [0.1, 0.15) is 41.9 Å². The van der Waals surface area contributed by atoms with Crippen LogP contribution in [-0.2, 0) is 0 Å². The van der Waals surface area contributed by atoms with Gasteiger partial charge in [0.25, 0.3) is 5.91 Å². The van der Waals surface area contributed by atoms with Crippen LogP contribution in [0.25, 0.3) is 0 Å². The minimum absolute atomic E-state index is 0.239. The highest BCUT2D eigenvalue weighted by Crippen LogP contribution is 2.23. The summed E-state index contributed by atoms with van der Waals surface area (Å²) in [5.41, 5.74) is 1.87. The number of carbonyl (C=O) groups is 1. The molecule has 1 amide bonds. The number of hydrogen-bond donors (Lipinski definition) is 2. The molecular formula is C17H19BrN4O. The van der Waals surface area contributed by atoms with E-state index in [2.05, 4.69) is 36.5 Å². The number of nitrogens with one attached hydrogen (secondary N) is 2. The number of rotatable bonds is 4. The fraction of sp³-hybridized carbons (Fsp3) is 0.353. The van der Waals surface area contributed by atoms with E-state index < -0.39 is 0 Å². The number of aryl methyl sites for hydroxylation is 1. The summed E-state index contributed by atoms with van der Waals surface area (Å²) < 4.78 is 0.837. The summed E-state index contributed by atoms with van der Waals surface area (Å²) in [4.78, 5) is 21.2. The number of halogens is 1. The number of hydrogen-bond acceptors (Lipinski definition) is 4. The van der Waals surface area contributed by atoms with Gasteiger partial charge in [0, 0.05) is 16.2 Å². The van der Waals surface area contributed by atoms with Crippen molar-refractivity contribution in [2.75, 3.05) is 10.6 Å². The second kappa shape index (κ2) is 7.08. The van der Waals surface area contributed by atoms with E-state index in [-0.39, 0.29) is 5.91 Å². The molecule has 0 bridgehead atoms. The molecule has 0 unspecified atom stereocenters. The van der Waals surface area contributed by atoms with Gasteiger partial charge in [0.2, 0.25) is 5.95 Å². The van der Waals surface area contributed by atoms with E-state index in [0.717, 1.165) is 28.7 Å². The lowest BCUT2D eigenvalue weighted by molar-refractivity contribution is 0.102. The lowest BCUT2D eigenvalue weighted by Gasteiger charge is -2.13. The average molecular weight is 375 g/mol. The fourth-order valence-corrected chi connectivity index (χ4v) is 3.13. The molecule has 1 saturated carbocycles. The summed E-state index contributed by atoms with van der Waals surface area (Å²) >= 11 is 3.42. The standard InChI is InChI=1S/C17H19BrN4O/c1-11-10-15(16(23)21-14-9-5-4-8-13(14)18)22-17(19-11)20-12-6-2-3-7-12/h4-5,8-10,12H,2-3,6-7H2,1H3,(H,21,23)(H,19,20,22). The molecule has 1 aromatic heterocycles. The van der Waals surface area contributed by atoms with Gasteiger partial charge in [-0.1, -0.05) is 25.0 Å². The van der Waals surface area contributed by atoms with Crippen LogP contribution in [0.5, 0.6) is 0 Å². The molecule has 1 heterocycles. The van der Waals surface area contributed by atoms with E-state index in [9.17, 15) is 4.79 Å². The van der Waals surface area contributed by atoms with Crippen LogP contribution in [0, 0.1) is 6.92 Å². The summed E-state index contributed by atoms with van der Waals surface area (Å²) in [5.74, 6) is 0.297. The van der Waals surface area contributed by atoms with Gasteiger partial charge in [-0.15, -0.1) is 0 Å². The van der Waals surface area contributed by atoms with Gasteiger partial charge in [0.05, 0.1) is 5.69 Å². The Bertz CT molecular complexity index is 713. The maximum atomic E-state index is 12.5. The van der Waals surface area contributed by atoms with Gasteiger partial charge >= 0.3 is 0 Å². The van der Waals surface area contributed by atoms with Gasteiger partial charge in [-0.3, -0.25) is 4.79 Å². The molecule has 2 N–H and O–H groups in total. The van der Waals surface area contributed by atoms with Gasteiger partial charge in [-0.05, 0) is 53.9 Å². The third-order valence-corrected chi connectivity index (χ3v) is 4.59. The van der Waals surface area contributed by atoms with Crippen molar-refractivity contribution in [3.63, 3.8) is 0 Å². The lowest BCUT2D eigenvalue weighted by Crippen LogP contribution is -2.20. The molecule has 1 fully saturated rings. The minimum atomic E-state index is -0.239. The molecule has 6 heteroatoms. The fourth-order valence-electron chi connectivity index (χ4n) is 2.75. The molecule has 3 rings (SSSR count). The number of carbonyl (C=O) groups excluding carboxylic acids is 1. The molecule has 0 atom stereocenters. The van der Waals surface area contributed by atoms with E-state index in [0.29, 0.717) is 17.7 Å². The van der Waals surface area contributed by atoms with Crippen molar-refractivity contribution in [2.24, 2.45) is 0 Å². The normalized spacial score (nSPS) is 14.7. The van der Waals surface area contributed by atoms with Gasteiger partial charge in [0.1, 0.15) is 5.69 Å². The highest BCUT2D eigenvalue weighted by atomic mass is 79.9. The Morgan fingerprint density at radius 3 is 2.70 bits per heavy atom. The smallest absolute Gasteiger partial charge is 0.274 e. The SMILES string of the molecule is Cc1cc(C(=O)Nc2ccccc2Br)nc(NC2CCCC2)n1. The van der Waals surface area contributed by atoms with Crippen LogP contribution >= 0.6 is 15.9 Å². The Morgan fingerprint density at radius 2 is 1.96 bits per heavy atom. The molecule has 0 saturated heterocycles. The van der Waals surface area contributed by atoms with Gasteiger partial charge in [-0.25, -0.2) is 9.97 Å². The Labute approximate surface area is 144 Å². The number of benzene rings is 1. The monoisotopic (exact) mass is 374 g/mol. The third kappa shape index (κ3) is 4.07. The molecular weight excluding hydrogens is 356 g/mol. The Morgan fingerprint density at radius 1 is 1.22 bits per heavy atom. The Hall–Kier alpha value is -1.95. The molecule has 1 aromatic carbocycles. The molecule has 5 nitrogen and oxygen atoms in total. The zero-order valence-electron chi connectivity index (χ0n) is 13.0. The highest BCUT2D eigenvalue weighted by Gasteiger charge is 2.17. The maximum absolute atomic E-state index is 12.5. The van der Waals surface area contributed by atoms with Gasteiger partial charge in [-0.2, -0.15) is 0 Å². The minimum Gasteiger partial charge on any atom is -0.351 e. The molecule has 2 aromatic rings. The van der Waals surface area contributed by atoms with E-state index >= 15 is 0 Å². The summed E-state index contributed by atoms with van der Waals surface area (Å²) in [5, 5.41) is 6.21. The molecule has 0 spiro atoms. The van der Waals surface area contributed by atoms with Crippen LogP contribution in [-0.4, -0.2) is 21.9 Å². The number of aromatic nitrogens is 2. The zero-order chi connectivity index (χ0) is 16.2. The Kier molecular flexibility index (Phi) is 4.91. The molecule has 0 aliphatic heterocycles. The van der Waals surface area contributed by atoms with E-state index in [1.807, 2.05) is 31.2 Å². The van der Waals surface area contributed by atoms with E-state index in [1.165, 1.54) is 12.8 Å². The molecule has 120 valence electrons. The van der Waals surface area contributed by atoms with Crippen LogP contribution in [0.4, 0.5) is 11.6 Å². The number of amides is 1. The van der Waals surface area contributed by atoms with Crippen molar-refractivity contribution in [2.45, 2.75) is 38.6 Å². The third-order valence-electron chi connectivity index (χ3n) is 3.90. The van der Waals surface area contributed by atoms with Crippen LogP contribution in [0.15, 0.2) is 34.8 Å². The number of anilines is 2. The first-order valence-corrected chi connectivity index (χ1v) is 8.59. The first-order chi connectivity index (χ1) is 11.1. The van der Waals surface area contributed by atoms with Crippen molar-refractivity contribution in [1.82, 2.24) is 9.97 Å². The summed E-state index contributed by atoms with van der Waals surface area (Å²) in [6.07, 6.45) is 4.74. The predicted octanol–water partition coefficient (Wildman–Crippen LogP) is 4.15. The topological polar surface area (TPSA) is 66.9 Å². The second-order valence-electron chi connectivity index (χ2n) is 5.78.